The normalized spacial score (nSPS) is 20.5. The average Bonchev–Trinajstić information content (AvgIpc) is 2.77. The van der Waals surface area contributed by atoms with Crippen LogP contribution in [-0.4, -0.2) is 48.7 Å². The zero-order valence-corrected chi connectivity index (χ0v) is 17.5. The Bertz CT molecular complexity index is 1210. The van der Waals surface area contributed by atoms with Crippen molar-refractivity contribution in [3.05, 3.63) is 57.8 Å². The molecule has 1 unspecified atom stereocenters. The van der Waals surface area contributed by atoms with Gasteiger partial charge in [0.25, 0.3) is 5.56 Å². The van der Waals surface area contributed by atoms with E-state index in [9.17, 15) is 9.18 Å². The minimum atomic E-state index is -0.729. The Morgan fingerprint density at radius 3 is 2.90 bits per heavy atom. The summed E-state index contributed by atoms with van der Waals surface area (Å²) in [6.07, 6.45) is 0.457. The molecule has 0 spiro atoms. The smallest absolute Gasteiger partial charge is 0.272 e. The maximum absolute atomic E-state index is 13.9. The molecule has 2 aliphatic heterocycles. The Balaban J connectivity index is 1.49. The highest BCUT2D eigenvalue weighted by atomic mass is 19.1. The van der Waals surface area contributed by atoms with E-state index in [1.807, 2.05) is 19.1 Å². The van der Waals surface area contributed by atoms with E-state index < -0.39 is 5.60 Å². The molecule has 1 aromatic heterocycles. The van der Waals surface area contributed by atoms with E-state index in [0.29, 0.717) is 42.1 Å². The van der Waals surface area contributed by atoms with Crippen molar-refractivity contribution < 1.29 is 18.6 Å². The van der Waals surface area contributed by atoms with E-state index in [0.717, 1.165) is 29.9 Å². The number of nitrogens with one attached hydrogen (secondary N) is 1. The summed E-state index contributed by atoms with van der Waals surface area (Å²) in [6, 6.07) is 8.63. The first-order valence-corrected chi connectivity index (χ1v) is 10.4. The number of rotatable bonds is 4. The molecule has 0 amide bonds. The number of anilines is 1. The van der Waals surface area contributed by atoms with Gasteiger partial charge in [0.05, 0.1) is 29.7 Å². The molecule has 0 bridgehead atoms. The third-order valence-electron chi connectivity index (χ3n) is 5.94. The number of nitrogens with zero attached hydrogens (tertiary/aromatic N) is 2. The lowest BCUT2D eigenvalue weighted by molar-refractivity contribution is 0.0315. The highest BCUT2D eigenvalue weighted by Crippen LogP contribution is 2.39. The molecular formula is C23H24FN3O4. The van der Waals surface area contributed by atoms with E-state index in [2.05, 4.69) is 15.1 Å². The monoisotopic (exact) mass is 425 g/mol. The number of hydrogen-bond donors (Lipinski definition) is 1. The van der Waals surface area contributed by atoms with Crippen molar-refractivity contribution in [2.24, 2.45) is 0 Å². The van der Waals surface area contributed by atoms with Gasteiger partial charge in [0.2, 0.25) is 0 Å². The first kappa shape index (κ1) is 19.8. The fourth-order valence-electron chi connectivity index (χ4n) is 4.24. The van der Waals surface area contributed by atoms with Gasteiger partial charge in [-0.25, -0.2) is 9.49 Å². The number of morpholine rings is 1. The molecule has 5 rings (SSSR count). The molecule has 1 atom stereocenters. The van der Waals surface area contributed by atoms with Crippen LogP contribution in [0.25, 0.3) is 10.8 Å². The van der Waals surface area contributed by atoms with Crippen LogP contribution in [0.15, 0.2) is 35.1 Å². The van der Waals surface area contributed by atoms with Crippen molar-refractivity contribution in [2.45, 2.75) is 25.9 Å². The quantitative estimate of drug-likeness (QED) is 0.693. The molecule has 1 N–H and O–H groups in total. The van der Waals surface area contributed by atoms with Crippen LogP contribution in [0.2, 0.25) is 0 Å². The lowest BCUT2D eigenvalue weighted by Gasteiger charge is -2.36. The van der Waals surface area contributed by atoms with Gasteiger partial charge < -0.3 is 19.1 Å². The highest BCUT2D eigenvalue weighted by molar-refractivity contribution is 5.93. The molecule has 31 heavy (non-hydrogen) atoms. The molecule has 1 fully saturated rings. The van der Waals surface area contributed by atoms with Gasteiger partial charge >= 0.3 is 0 Å². The molecule has 0 radical (unpaired) electrons. The fourth-order valence-corrected chi connectivity index (χ4v) is 4.24. The van der Waals surface area contributed by atoms with Crippen LogP contribution in [-0.2, 0) is 11.2 Å². The Hall–Kier alpha value is -3.13. The third kappa shape index (κ3) is 3.61. The summed E-state index contributed by atoms with van der Waals surface area (Å²) in [5, 5.41) is 8.21. The molecule has 7 nitrogen and oxygen atoms in total. The number of H-pyrrole nitrogens is 1. The molecule has 8 heteroatoms. The zero-order valence-electron chi connectivity index (χ0n) is 17.5. The Kier molecular flexibility index (Phi) is 4.81. The summed E-state index contributed by atoms with van der Waals surface area (Å²) < 4.78 is 31.7. The molecule has 1 saturated heterocycles. The standard InChI is InChI=1S/C23H24FN3O4/c1-14-17(24)4-3-5-19(14)30-13-23(2)12-18-21-16(22(28)26-25-18)10-15(11-20(21)31-23)27-6-8-29-9-7-27/h3-5,10-11H,6-9,12-13H2,1-2H3,(H,26,28). The fraction of sp³-hybridized carbons (Fsp3) is 0.391. The second-order valence-corrected chi connectivity index (χ2v) is 8.35. The Morgan fingerprint density at radius 2 is 2.10 bits per heavy atom. The van der Waals surface area contributed by atoms with Gasteiger partial charge in [-0.05, 0) is 32.0 Å². The van der Waals surface area contributed by atoms with E-state index in [-0.39, 0.29) is 18.0 Å². The molecular weight excluding hydrogens is 401 g/mol. The van der Waals surface area contributed by atoms with Gasteiger partial charge in [-0.3, -0.25) is 4.79 Å². The van der Waals surface area contributed by atoms with Gasteiger partial charge in [0.15, 0.2) is 0 Å². The van der Waals surface area contributed by atoms with E-state index >= 15 is 0 Å². The number of aromatic amines is 1. The average molecular weight is 425 g/mol. The van der Waals surface area contributed by atoms with Crippen molar-refractivity contribution in [3.8, 4) is 11.5 Å². The predicted molar refractivity (Wildman–Crippen MR) is 115 cm³/mol. The minimum Gasteiger partial charge on any atom is -0.489 e. The lowest BCUT2D eigenvalue weighted by Crippen LogP contribution is -2.44. The van der Waals surface area contributed by atoms with E-state index in [1.165, 1.54) is 6.07 Å². The first-order valence-electron chi connectivity index (χ1n) is 10.4. The molecule has 0 aliphatic carbocycles. The predicted octanol–water partition coefficient (Wildman–Crippen LogP) is 2.98. The molecule has 162 valence electrons. The first-order chi connectivity index (χ1) is 14.9. The number of hydrogen-bond acceptors (Lipinski definition) is 6. The Morgan fingerprint density at radius 1 is 1.29 bits per heavy atom. The maximum Gasteiger partial charge on any atom is 0.272 e. The number of halogens is 1. The SMILES string of the molecule is Cc1c(F)cccc1OCC1(C)Cc2n[nH]c(=O)c3cc(N4CCOCC4)cc(c23)O1. The van der Waals surface area contributed by atoms with E-state index in [1.54, 1.807) is 19.1 Å². The van der Waals surface area contributed by atoms with Crippen molar-refractivity contribution in [1.82, 2.24) is 10.2 Å². The lowest BCUT2D eigenvalue weighted by atomic mass is 9.93. The van der Waals surface area contributed by atoms with Crippen molar-refractivity contribution in [1.29, 1.82) is 0 Å². The van der Waals surface area contributed by atoms with Gasteiger partial charge in [-0.15, -0.1) is 0 Å². The number of benzene rings is 2. The molecule has 2 aliphatic rings. The molecule has 3 aromatic rings. The van der Waals surface area contributed by atoms with Crippen LogP contribution < -0.4 is 19.9 Å². The second kappa shape index (κ2) is 7.53. The van der Waals surface area contributed by atoms with Crippen molar-refractivity contribution in [2.75, 3.05) is 37.8 Å². The Labute approximate surface area is 178 Å². The topological polar surface area (TPSA) is 76.7 Å². The van der Waals surface area contributed by atoms with Gasteiger partial charge in [-0.2, -0.15) is 5.10 Å². The highest BCUT2D eigenvalue weighted by Gasteiger charge is 2.36. The van der Waals surface area contributed by atoms with Crippen LogP contribution >= 0.6 is 0 Å². The third-order valence-corrected chi connectivity index (χ3v) is 5.94. The van der Waals surface area contributed by atoms with Crippen LogP contribution in [0.3, 0.4) is 0 Å². The van der Waals surface area contributed by atoms with E-state index in [4.69, 9.17) is 14.2 Å². The van der Waals surface area contributed by atoms with Crippen LogP contribution in [0.1, 0.15) is 18.2 Å². The zero-order chi connectivity index (χ0) is 21.6. The number of ether oxygens (including phenoxy) is 3. The molecule has 0 saturated carbocycles. The van der Waals surface area contributed by atoms with Crippen molar-refractivity contribution in [3.63, 3.8) is 0 Å². The van der Waals surface area contributed by atoms with Gasteiger partial charge in [0.1, 0.15) is 29.5 Å². The summed E-state index contributed by atoms with van der Waals surface area (Å²) in [5.74, 6) is 0.787. The molecule has 3 heterocycles. The van der Waals surface area contributed by atoms with Crippen LogP contribution in [0.5, 0.6) is 11.5 Å². The largest absolute Gasteiger partial charge is 0.489 e. The minimum absolute atomic E-state index is 0.209. The molecule has 2 aromatic carbocycles. The number of aromatic nitrogens is 2. The summed E-state index contributed by atoms with van der Waals surface area (Å²) in [7, 11) is 0. The second-order valence-electron chi connectivity index (χ2n) is 8.35. The van der Waals surface area contributed by atoms with Crippen LogP contribution in [0.4, 0.5) is 10.1 Å². The van der Waals surface area contributed by atoms with Gasteiger partial charge in [-0.1, -0.05) is 6.07 Å². The van der Waals surface area contributed by atoms with Crippen LogP contribution in [0, 0.1) is 12.7 Å². The summed E-state index contributed by atoms with van der Waals surface area (Å²) in [5.41, 5.74) is 1.16. The van der Waals surface area contributed by atoms with Crippen molar-refractivity contribution >= 4 is 16.5 Å². The summed E-state index contributed by atoms with van der Waals surface area (Å²) in [4.78, 5) is 14.7. The summed E-state index contributed by atoms with van der Waals surface area (Å²) in [6.45, 7) is 6.62. The maximum atomic E-state index is 13.9. The van der Waals surface area contributed by atoms with Gasteiger partial charge in [0, 0.05) is 36.8 Å². The summed E-state index contributed by atoms with van der Waals surface area (Å²) >= 11 is 0.